The van der Waals surface area contributed by atoms with Crippen LogP contribution in [0.5, 0.6) is 5.75 Å². The van der Waals surface area contributed by atoms with E-state index in [1.54, 1.807) is 35.4 Å². The number of aryl methyl sites for hydroxylation is 1. The molecule has 5 heterocycles. The van der Waals surface area contributed by atoms with Gasteiger partial charge in [-0.25, -0.2) is 18.7 Å². The molecule has 0 radical (unpaired) electrons. The number of piperidine rings is 1. The number of phenolic OH excluding ortho intramolecular Hbond substituents is 1. The smallest absolute Gasteiger partial charge is 0.264 e. The first-order valence-corrected chi connectivity index (χ1v) is 10.9. The van der Waals surface area contributed by atoms with Crippen molar-refractivity contribution >= 4 is 5.82 Å². The number of benzene rings is 1. The van der Waals surface area contributed by atoms with Gasteiger partial charge in [0, 0.05) is 43.5 Å². The van der Waals surface area contributed by atoms with Gasteiger partial charge in [0.25, 0.3) is 5.92 Å². The molecular weight excluding hydrogens is 416 g/mol. The zero-order valence-corrected chi connectivity index (χ0v) is 17.3. The molecule has 0 aliphatic carbocycles. The van der Waals surface area contributed by atoms with Gasteiger partial charge in [-0.2, -0.15) is 0 Å². The van der Waals surface area contributed by atoms with Gasteiger partial charge in [-0.1, -0.05) is 0 Å². The van der Waals surface area contributed by atoms with Crippen LogP contribution in [0.2, 0.25) is 0 Å². The lowest BCUT2D eigenvalue weighted by Crippen LogP contribution is -2.52. The Morgan fingerprint density at radius 1 is 1.19 bits per heavy atom. The number of nitrogens with one attached hydrogen (secondary N) is 1. The van der Waals surface area contributed by atoms with Crippen molar-refractivity contribution in [3.05, 3.63) is 42.6 Å². The number of hydrogen-bond donors (Lipinski definition) is 2. The van der Waals surface area contributed by atoms with Crippen molar-refractivity contribution in [2.45, 2.75) is 56.2 Å². The van der Waals surface area contributed by atoms with E-state index in [1.165, 1.54) is 0 Å². The lowest BCUT2D eigenvalue weighted by molar-refractivity contribution is -0.0129. The maximum Gasteiger partial charge on any atom is 0.264 e. The molecule has 0 saturated carbocycles. The number of alkyl halides is 2. The van der Waals surface area contributed by atoms with Gasteiger partial charge in [0.1, 0.15) is 5.75 Å². The molecule has 0 unspecified atom stereocenters. The topological polar surface area (TPSA) is 92.0 Å². The van der Waals surface area contributed by atoms with Crippen LogP contribution >= 0.6 is 0 Å². The second-order valence-corrected chi connectivity index (χ2v) is 8.88. The number of hydrogen-bond acceptors (Lipinski definition) is 7. The number of aromatic nitrogens is 5. The monoisotopic (exact) mass is 439 g/mol. The summed E-state index contributed by atoms with van der Waals surface area (Å²) in [6, 6.07) is 4.33. The quantitative estimate of drug-likeness (QED) is 0.648. The lowest BCUT2D eigenvalue weighted by atomic mass is 9.96. The number of nitrogens with zero attached hydrogens (tertiary/aromatic N) is 6. The molecule has 32 heavy (non-hydrogen) atoms. The van der Waals surface area contributed by atoms with Crippen molar-refractivity contribution in [1.82, 2.24) is 30.0 Å². The molecule has 3 atom stereocenters. The van der Waals surface area contributed by atoms with Crippen LogP contribution in [-0.2, 0) is 6.42 Å². The van der Waals surface area contributed by atoms with E-state index in [1.807, 2.05) is 6.07 Å². The maximum absolute atomic E-state index is 14.2. The predicted molar refractivity (Wildman–Crippen MR) is 113 cm³/mol. The van der Waals surface area contributed by atoms with Crippen molar-refractivity contribution < 1.29 is 13.9 Å². The summed E-state index contributed by atoms with van der Waals surface area (Å²) in [5, 5.41) is 22.4. The molecule has 8 nitrogen and oxygen atoms in total. The van der Waals surface area contributed by atoms with Crippen LogP contribution < -0.4 is 10.2 Å². The molecule has 0 amide bonds. The Hall–Kier alpha value is -3.14. The Morgan fingerprint density at radius 3 is 2.88 bits per heavy atom. The molecule has 0 spiro atoms. The van der Waals surface area contributed by atoms with Crippen molar-refractivity contribution in [2.24, 2.45) is 0 Å². The molecule has 3 aliphatic rings. The van der Waals surface area contributed by atoms with Crippen molar-refractivity contribution in [3.63, 3.8) is 0 Å². The molecule has 6 rings (SSSR count). The van der Waals surface area contributed by atoms with Gasteiger partial charge in [0.2, 0.25) is 0 Å². The van der Waals surface area contributed by atoms with Crippen LogP contribution in [0, 0.1) is 0 Å². The zero-order valence-electron chi connectivity index (χ0n) is 17.3. The molecule has 2 bridgehead atoms. The number of phenols is 1. The Labute approximate surface area is 183 Å². The first-order valence-electron chi connectivity index (χ1n) is 10.9. The highest BCUT2D eigenvalue weighted by molar-refractivity contribution is 5.66. The zero-order chi connectivity index (χ0) is 21.9. The van der Waals surface area contributed by atoms with E-state index in [-0.39, 0.29) is 24.3 Å². The first kappa shape index (κ1) is 19.5. The van der Waals surface area contributed by atoms with E-state index in [4.69, 9.17) is 4.98 Å². The van der Waals surface area contributed by atoms with Crippen molar-refractivity contribution in [1.29, 1.82) is 0 Å². The number of fused-ring (bicyclic) bond motifs is 3. The molecule has 1 aromatic carbocycles. The van der Waals surface area contributed by atoms with Crippen LogP contribution in [0.1, 0.15) is 31.4 Å². The summed E-state index contributed by atoms with van der Waals surface area (Å²) in [6.45, 7) is 0.767. The fraction of sp³-hybridized carbons (Fsp3) is 0.455. The van der Waals surface area contributed by atoms with E-state index in [2.05, 4.69) is 25.4 Å². The Kier molecular flexibility index (Phi) is 4.39. The van der Waals surface area contributed by atoms with E-state index in [0.29, 0.717) is 30.0 Å². The predicted octanol–water partition coefficient (Wildman–Crippen LogP) is 2.71. The second-order valence-electron chi connectivity index (χ2n) is 8.88. The largest absolute Gasteiger partial charge is 0.507 e. The first-order chi connectivity index (χ1) is 15.5. The van der Waals surface area contributed by atoms with Gasteiger partial charge in [0.05, 0.1) is 29.3 Å². The van der Waals surface area contributed by atoms with Gasteiger partial charge >= 0.3 is 0 Å². The minimum atomic E-state index is -2.65. The third-order valence-electron chi connectivity index (χ3n) is 6.82. The Bertz CT molecular complexity index is 1150. The Balaban J connectivity index is 1.28. The third-order valence-corrected chi connectivity index (χ3v) is 6.82. The maximum atomic E-state index is 14.2. The third kappa shape index (κ3) is 3.21. The standard InChI is InChI=1S/C22H23F2N7O/c23-22(24)11-13-8-15(10-19(22)26-13)31-6-1-2-17-21(31)29-28-20(27-17)16-4-3-14(9-18(16)32)30-7-5-25-12-30/h3-5,7,9,12-13,15,19,26,32H,1-2,6,8,10-11H2/t13-,15+,19-/m0/s1. The summed E-state index contributed by atoms with van der Waals surface area (Å²) in [5.74, 6) is -1.55. The highest BCUT2D eigenvalue weighted by atomic mass is 19.3. The van der Waals surface area contributed by atoms with E-state index in [9.17, 15) is 13.9 Å². The minimum Gasteiger partial charge on any atom is -0.507 e. The summed E-state index contributed by atoms with van der Waals surface area (Å²) in [6.07, 6.45) is 7.72. The summed E-state index contributed by atoms with van der Waals surface area (Å²) in [7, 11) is 0. The summed E-state index contributed by atoms with van der Waals surface area (Å²) in [4.78, 5) is 10.8. The number of anilines is 1. The fourth-order valence-electron chi connectivity index (χ4n) is 5.30. The van der Waals surface area contributed by atoms with Crippen molar-refractivity contribution in [3.8, 4) is 22.8 Å². The second kappa shape index (κ2) is 7.19. The average molecular weight is 439 g/mol. The van der Waals surface area contributed by atoms with Crippen LogP contribution in [0.4, 0.5) is 14.6 Å². The normalized spacial score (nSPS) is 26.2. The molecular formula is C22H23F2N7O. The summed E-state index contributed by atoms with van der Waals surface area (Å²) < 4.78 is 30.2. The highest BCUT2D eigenvalue weighted by Crippen LogP contribution is 2.42. The average Bonchev–Trinajstić information content (AvgIpc) is 3.39. The van der Waals surface area contributed by atoms with Gasteiger partial charge in [-0.05, 0) is 37.8 Å². The number of rotatable bonds is 3. The van der Waals surface area contributed by atoms with Crippen molar-refractivity contribution in [2.75, 3.05) is 11.4 Å². The van der Waals surface area contributed by atoms with E-state index in [0.717, 1.165) is 30.8 Å². The number of imidazole rings is 1. The van der Waals surface area contributed by atoms with Crippen LogP contribution in [-0.4, -0.2) is 60.4 Å². The molecule has 10 heteroatoms. The van der Waals surface area contributed by atoms with E-state index < -0.39 is 12.0 Å². The SMILES string of the molecule is Oc1cc(-n2ccnc2)ccc1-c1nnc2c(n1)CCCN2[C@@H]1C[C@H]2CC(F)(F)[C@H](C1)N2. The highest BCUT2D eigenvalue weighted by Gasteiger charge is 2.53. The molecule has 2 aromatic heterocycles. The van der Waals surface area contributed by atoms with Gasteiger partial charge in [0.15, 0.2) is 11.6 Å². The summed E-state index contributed by atoms with van der Waals surface area (Å²) in [5.41, 5.74) is 2.08. The van der Waals surface area contributed by atoms with Crippen LogP contribution in [0.15, 0.2) is 36.9 Å². The number of aromatic hydroxyl groups is 1. The van der Waals surface area contributed by atoms with Crippen LogP contribution in [0.25, 0.3) is 17.1 Å². The molecule has 2 N–H and O–H groups in total. The lowest BCUT2D eigenvalue weighted by Gasteiger charge is -2.40. The molecule has 2 fully saturated rings. The van der Waals surface area contributed by atoms with Crippen LogP contribution in [0.3, 0.4) is 0 Å². The molecule has 2 saturated heterocycles. The number of halogens is 2. The molecule has 166 valence electrons. The van der Waals surface area contributed by atoms with Gasteiger partial charge in [-0.3, -0.25) is 0 Å². The Morgan fingerprint density at radius 2 is 2.09 bits per heavy atom. The minimum absolute atomic E-state index is 0.00323. The fourth-order valence-corrected chi connectivity index (χ4v) is 5.30. The van der Waals surface area contributed by atoms with E-state index >= 15 is 0 Å². The molecule has 3 aromatic rings. The van der Waals surface area contributed by atoms with Gasteiger partial charge in [-0.15, -0.1) is 10.2 Å². The van der Waals surface area contributed by atoms with Gasteiger partial charge < -0.3 is 19.9 Å². The molecule has 3 aliphatic heterocycles. The summed E-state index contributed by atoms with van der Waals surface area (Å²) >= 11 is 0.